The van der Waals surface area contributed by atoms with Crippen LogP contribution in [0, 0.1) is 0 Å². The monoisotopic (exact) mass is 298 g/mol. The molecule has 1 aromatic carbocycles. The van der Waals surface area contributed by atoms with Gasteiger partial charge in [0.1, 0.15) is 11.5 Å². The highest BCUT2D eigenvalue weighted by molar-refractivity contribution is 9.08. The summed E-state index contributed by atoms with van der Waals surface area (Å²) in [6.45, 7) is 0. The lowest BCUT2D eigenvalue weighted by atomic mass is 10.1. The van der Waals surface area contributed by atoms with Crippen LogP contribution in [0.15, 0.2) is 27.6 Å². The van der Waals surface area contributed by atoms with Gasteiger partial charge in [-0.3, -0.25) is 0 Å². The highest BCUT2D eigenvalue weighted by atomic mass is 79.9. The van der Waals surface area contributed by atoms with Crippen LogP contribution in [0.3, 0.4) is 0 Å². The number of halogens is 1. The van der Waals surface area contributed by atoms with E-state index in [0.717, 1.165) is 10.9 Å². The lowest BCUT2D eigenvalue weighted by Crippen LogP contribution is -2.03. The Balaban J connectivity index is 2.92. The number of rotatable bonds is 3. The van der Waals surface area contributed by atoms with Crippen LogP contribution in [-0.4, -0.2) is 14.2 Å². The maximum absolute atomic E-state index is 11.7. The third kappa shape index (κ3) is 2.02. The molecule has 0 amide bonds. The van der Waals surface area contributed by atoms with Crippen LogP contribution < -0.4 is 15.1 Å². The molecule has 0 saturated carbocycles. The van der Waals surface area contributed by atoms with Crippen molar-refractivity contribution in [3.05, 3.63) is 34.4 Å². The molecule has 0 aliphatic heterocycles. The summed E-state index contributed by atoms with van der Waals surface area (Å²) >= 11 is 3.35. The van der Waals surface area contributed by atoms with Crippen molar-refractivity contribution in [1.29, 1.82) is 0 Å². The first-order chi connectivity index (χ1) is 8.21. The molecule has 2 aromatic rings. The highest BCUT2D eigenvalue weighted by Gasteiger charge is 2.13. The van der Waals surface area contributed by atoms with Gasteiger partial charge in [-0.2, -0.15) is 0 Å². The zero-order chi connectivity index (χ0) is 12.4. The van der Waals surface area contributed by atoms with Crippen LogP contribution in [0.5, 0.6) is 11.5 Å². The topological polar surface area (TPSA) is 48.7 Å². The van der Waals surface area contributed by atoms with Crippen molar-refractivity contribution in [2.75, 3.05) is 14.2 Å². The third-order valence-electron chi connectivity index (χ3n) is 2.52. The number of methoxy groups -OCH3 is 2. The molecule has 1 heterocycles. The van der Waals surface area contributed by atoms with Crippen molar-refractivity contribution >= 4 is 26.7 Å². The molecule has 90 valence electrons. The normalized spacial score (nSPS) is 10.5. The summed E-state index contributed by atoms with van der Waals surface area (Å²) in [7, 11) is 3.09. The van der Waals surface area contributed by atoms with E-state index < -0.39 is 5.63 Å². The summed E-state index contributed by atoms with van der Waals surface area (Å²) < 4.78 is 15.4. The molecule has 0 saturated heterocycles. The zero-order valence-corrected chi connectivity index (χ0v) is 11.0. The lowest BCUT2D eigenvalue weighted by Gasteiger charge is -2.10. The number of hydrogen-bond acceptors (Lipinski definition) is 4. The standard InChI is InChI=1S/C12H11BrO4/c1-15-8-3-9-11(10(4-8)16-2)7(5-13)6-17-12(9)14/h3-4,6H,5H2,1-2H3. The first-order valence-electron chi connectivity index (χ1n) is 4.93. The zero-order valence-electron chi connectivity index (χ0n) is 9.45. The van der Waals surface area contributed by atoms with Crippen LogP contribution in [0.25, 0.3) is 10.8 Å². The van der Waals surface area contributed by atoms with Crippen molar-refractivity contribution in [3.63, 3.8) is 0 Å². The van der Waals surface area contributed by atoms with E-state index in [1.807, 2.05) is 0 Å². The highest BCUT2D eigenvalue weighted by Crippen LogP contribution is 2.32. The van der Waals surface area contributed by atoms with Crippen LogP contribution in [0.2, 0.25) is 0 Å². The lowest BCUT2D eigenvalue weighted by molar-refractivity contribution is 0.397. The fourth-order valence-corrected chi connectivity index (χ4v) is 2.12. The van der Waals surface area contributed by atoms with E-state index in [9.17, 15) is 4.79 Å². The Morgan fingerprint density at radius 2 is 2.06 bits per heavy atom. The van der Waals surface area contributed by atoms with Gasteiger partial charge >= 0.3 is 5.63 Å². The Bertz CT molecular complexity index is 603. The van der Waals surface area contributed by atoms with Gasteiger partial charge in [0.05, 0.1) is 25.9 Å². The number of ether oxygens (including phenoxy) is 2. The van der Waals surface area contributed by atoms with Gasteiger partial charge in [0.15, 0.2) is 0 Å². The van der Waals surface area contributed by atoms with Gasteiger partial charge in [-0.1, -0.05) is 15.9 Å². The summed E-state index contributed by atoms with van der Waals surface area (Å²) in [5.41, 5.74) is 0.459. The molecule has 0 fully saturated rings. The van der Waals surface area contributed by atoms with Gasteiger partial charge in [-0.05, 0) is 6.07 Å². The number of hydrogen-bond donors (Lipinski definition) is 0. The molecule has 5 heteroatoms. The van der Waals surface area contributed by atoms with Gasteiger partial charge in [-0.25, -0.2) is 4.79 Å². The fourth-order valence-electron chi connectivity index (χ4n) is 1.71. The van der Waals surface area contributed by atoms with Crippen molar-refractivity contribution in [1.82, 2.24) is 0 Å². The number of fused-ring (bicyclic) bond motifs is 1. The van der Waals surface area contributed by atoms with E-state index in [2.05, 4.69) is 15.9 Å². The number of alkyl halides is 1. The summed E-state index contributed by atoms with van der Waals surface area (Å²) in [6, 6.07) is 3.39. The molecule has 0 atom stereocenters. The molecule has 0 aliphatic rings. The first-order valence-corrected chi connectivity index (χ1v) is 6.05. The molecule has 0 N–H and O–H groups in total. The molecule has 17 heavy (non-hydrogen) atoms. The minimum absolute atomic E-state index is 0.401. The second-order valence-corrected chi connectivity index (χ2v) is 3.99. The molecule has 0 bridgehead atoms. The van der Waals surface area contributed by atoms with E-state index in [4.69, 9.17) is 13.9 Å². The molecule has 0 spiro atoms. The summed E-state index contributed by atoms with van der Waals surface area (Å²) in [6.07, 6.45) is 1.44. The van der Waals surface area contributed by atoms with E-state index in [1.54, 1.807) is 19.2 Å². The molecular formula is C12H11BrO4. The molecular weight excluding hydrogens is 288 g/mol. The Morgan fingerprint density at radius 1 is 1.29 bits per heavy atom. The Hall–Kier alpha value is -1.49. The minimum atomic E-state index is -0.401. The van der Waals surface area contributed by atoms with Crippen LogP contribution in [-0.2, 0) is 5.33 Å². The van der Waals surface area contributed by atoms with E-state index >= 15 is 0 Å². The molecule has 0 radical (unpaired) electrons. The molecule has 0 aliphatic carbocycles. The smallest absolute Gasteiger partial charge is 0.343 e. The van der Waals surface area contributed by atoms with Crippen LogP contribution >= 0.6 is 15.9 Å². The molecule has 1 aromatic heterocycles. The Kier molecular flexibility index (Phi) is 3.38. The van der Waals surface area contributed by atoms with Gasteiger partial charge < -0.3 is 13.9 Å². The maximum Gasteiger partial charge on any atom is 0.343 e. The predicted octanol–water partition coefficient (Wildman–Crippen LogP) is 2.71. The van der Waals surface area contributed by atoms with Crippen molar-refractivity contribution in [2.24, 2.45) is 0 Å². The van der Waals surface area contributed by atoms with E-state index in [-0.39, 0.29) is 0 Å². The van der Waals surface area contributed by atoms with Gasteiger partial charge in [-0.15, -0.1) is 0 Å². The first kappa shape index (κ1) is 12.0. The average Bonchev–Trinajstić information content (AvgIpc) is 2.38. The largest absolute Gasteiger partial charge is 0.497 e. The molecule has 0 unspecified atom stereocenters. The predicted molar refractivity (Wildman–Crippen MR) is 68.2 cm³/mol. The minimum Gasteiger partial charge on any atom is -0.497 e. The van der Waals surface area contributed by atoms with Crippen LogP contribution in [0.1, 0.15) is 5.56 Å². The summed E-state index contributed by atoms with van der Waals surface area (Å²) in [5, 5.41) is 1.79. The molecule has 4 nitrogen and oxygen atoms in total. The fraction of sp³-hybridized carbons (Fsp3) is 0.250. The maximum atomic E-state index is 11.7. The van der Waals surface area contributed by atoms with Gasteiger partial charge in [0.2, 0.25) is 0 Å². The average molecular weight is 299 g/mol. The Morgan fingerprint density at radius 3 is 2.65 bits per heavy atom. The number of benzene rings is 1. The second-order valence-electron chi connectivity index (χ2n) is 3.43. The SMILES string of the molecule is COc1cc(OC)c2c(CBr)coc(=O)c2c1. The van der Waals surface area contributed by atoms with E-state index in [0.29, 0.717) is 22.2 Å². The quantitative estimate of drug-likeness (QED) is 0.818. The van der Waals surface area contributed by atoms with Gasteiger partial charge in [0.25, 0.3) is 0 Å². The second kappa shape index (κ2) is 4.79. The van der Waals surface area contributed by atoms with Crippen LogP contribution in [0.4, 0.5) is 0 Å². The van der Waals surface area contributed by atoms with E-state index in [1.165, 1.54) is 13.4 Å². The van der Waals surface area contributed by atoms with Crippen molar-refractivity contribution in [2.45, 2.75) is 5.33 Å². The molecule has 2 rings (SSSR count). The van der Waals surface area contributed by atoms with Crippen molar-refractivity contribution in [3.8, 4) is 11.5 Å². The van der Waals surface area contributed by atoms with Gasteiger partial charge in [0, 0.05) is 22.3 Å². The van der Waals surface area contributed by atoms with Crippen molar-refractivity contribution < 1.29 is 13.9 Å². The third-order valence-corrected chi connectivity index (χ3v) is 3.13. The summed E-state index contributed by atoms with van der Waals surface area (Å²) in [4.78, 5) is 11.7. The Labute approximate surface area is 106 Å². The summed E-state index contributed by atoms with van der Waals surface area (Å²) in [5.74, 6) is 1.16.